The number of methoxy groups -OCH3 is 1. The molecule has 0 bridgehead atoms. The highest BCUT2D eigenvalue weighted by Gasteiger charge is 2.40. The van der Waals surface area contributed by atoms with Crippen LogP contribution in [-0.4, -0.2) is 12.5 Å². The molecule has 1 aromatic carbocycles. The summed E-state index contributed by atoms with van der Waals surface area (Å²) in [6.07, 6.45) is 3.24. The van der Waals surface area contributed by atoms with Crippen molar-refractivity contribution in [3.05, 3.63) is 29.6 Å². The lowest BCUT2D eigenvalue weighted by molar-refractivity contribution is 0.203. The average molecular weight is 299 g/mol. The quantitative estimate of drug-likeness (QED) is 0.701. The molecule has 0 aromatic heterocycles. The third-order valence-electron chi connectivity index (χ3n) is 4.84. The monoisotopic (exact) mass is 298 g/mol. The summed E-state index contributed by atoms with van der Waals surface area (Å²) < 4.78 is 19.7. The molecule has 0 spiro atoms. The fourth-order valence-electron chi connectivity index (χ4n) is 3.49. The first-order valence-electron chi connectivity index (χ1n) is 7.35. The van der Waals surface area contributed by atoms with Crippen molar-refractivity contribution in [2.45, 2.75) is 50.8 Å². The van der Waals surface area contributed by atoms with Crippen molar-refractivity contribution in [2.75, 3.05) is 7.11 Å². The molecule has 0 amide bonds. The summed E-state index contributed by atoms with van der Waals surface area (Å²) in [5, 5.41) is 0.111. The molecule has 1 fully saturated rings. The molecule has 0 N–H and O–H groups in total. The zero-order valence-electron chi connectivity index (χ0n) is 12.7. The Bertz CT molecular complexity index is 472. The first-order valence-corrected chi connectivity index (χ1v) is 7.78. The Labute approximate surface area is 126 Å². The Morgan fingerprint density at radius 1 is 1.30 bits per heavy atom. The molecule has 1 aromatic rings. The molecule has 2 rings (SSSR count). The Morgan fingerprint density at radius 2 is 2.00 bits per heavy atom. The molecule has 0 aliphatic heterocycles. The fraction of sp³-hybridized carbons (Fsp3) is 0.647. The largest absolute Gasteiger partial charge is 0.494 e. The van der Waals surface area contributed by atoms with Gasteiger partial charge in [0.25, 0.3) is 0 Å². The molecule has 0 heterocycles. The van der Waals surface area contributed by atoms with Gasteiger partial charge in [0.15, 0.2) is 11.6 Å². The van der Waals surface area contributed by atoms with Gasteiger partial charge in [-0.1, -0.05) is 39.3 Å². The molecule has 1 aliphatic carbocycles. The van der Waals surface area contributed by atoms with E-state index < -0.39 is 0 Å². The van der Waals surface area contributed by atoms with Gasteiger partial charge in [-0.25, -0.2) is 4.39 Å². The highest BCUT2D eigenvalue weighted by atomic mass is 35.5. The van der Waals surface area contributed by atoms with Crippen molar-refractivity contribution in [3.63, 3.8) is 0 Å². The molecular weight excluding hydrogens is 275 g/mol. The van der Waals surface area contributed by atoms with E-state index in [9.17, 15) is 4.39 Å². The normalized spacial score (nSPS) is 27.4. The Morgan fingerprint density at radius 3 is 2.60 bits per heavy atom. The summed E-state index contributed by atoms with van der Waals surface area (Å²) in [5.74, 6) is 1.02. The van der Waals surface area contributed by atoms with E-state index >= 15 is 0 Å². The van der Waals surface area contributed by atoms with E-state index in [0.717, 1.165) is 12.8 Å². The minimum Gasteiger partial charge on any atom is -0.494 e. The number of rotatable bonds is 3. The van der Waals surface area contributed by atoms with Crippen LogP contribution >= 0.6 is 11.6 Å². The lowest BCUT2D eigenvalue weighted by atomic mass is 9.65. The van der Waals surface area contributed by atoms with Crippen molar-refractivity contribution < 1.29 is 9.13 Å². The highest BCUT2D eigenvalue weighted by molar-refractivity contribution is 6.20. The molecule has 112 valence electrons. The predicted molar refractivity (Wildman–Crippen MR) is 82.1 cm³/mol. The van der Waals surface area contributed by atoms with Crippen molar-refractivity contribution in [1.29, 1.82) is 0 Å². The van der Waals surface area contributed by atoms with Crippen molar-refractivity contribution in [1.82, 2.24) is 0 Å². The Hall–Kier alpha value is -0.760. The summed E-state index contributed by atoms with van der Waals surface area (Å²) in [6, 6.07) is 5.38. The molecule has 1 saturated carbocycles. The molecular formula is C17H24ClFO. The highest BCUT2D eigenvalue weighted by Crippen LogP contribution is 2.45. The van der Waals surface area contributed by atoms with Gasteiger partial charge in [0.05, 0.1) is 7.11 Å². The van der Waals surface area contributed by atoms with Crippen LogP contribution in [0.3, 0.4) is 0 Å². The predicted octanol–water partition coefficient (Wildman–Crippen LogP) is 5.16. The van der Waals surface area contributed by atoms with Gasteiger partial charge < -0.3 is 4.74 Å². The number of benzene rings is 1. The van der Waals surface area contributed by atoms with Gasteiger partial charge in [-0.15, -0.1) is 11.6 Å². The zero-order valence-corrected chi connectivity index (χ0v) is 13.5. The van der Waals surface area contributed by atoms with E-state index in [0.29, 0.717) is 23.1 Å². The van der Waals surface area contributed by atoms with Crippen LogP contribution in [0.1, 0.15) is 45.6 Å². The number of alkyl halides is 1. The Kier molecular flexibility index (Phi) is 4.63. The van der Waals surface area contributed by atoms with E-state index in [1.165, 1.54) is 13.5 Å². The van der Waals surface area contributed by atoms with E-state index in [2.05, 4.69) is 20.8 Å². The summed E-state index contributed by atoms with van der Waals surface area (Å²) in [4.78, 5) is 0. The number of ether oxygens (including phenoxy) is 1. The number of halogens is 2. The maximum absolute atomic E-state index is 14.6. The van der Waals surface area contributed by atoms with E-state index in [-0.39, 0.29) is 16.6 Å². The number of hydrogen-bond acceptors (Lipinski definition) is 1. The third kappa shape index (κ3) is 2.81. The van der Waals surface area contributed by atoms with Crippen LogP contribution in [0.4, 0.5) is 4.39 Å². The molecule has 3 unspecified atom stereocenters. The zero-order chi connectivity index (χ0) is 14.9. The molecule has 3 heteroatoms. The van der Waals surface area contributed by atoms with Gasteiger partial charge in [0.2, 0.25) is 0 Å². The average Bonchev–Trinajstić information content (AvgIpc) is 2.38. The van der Waals surface area contributed by atoms with E-state index in [1.54, 1.807) is 6.07 Å². The van der Waals surface area contributed by atoms with Gasteiger partial charge in [-0.2, -0.15) is 0 Å². The molecule has 20 heavy (non-hydrogen) atoms. The maximum atomic E-state index is 14.6. The second kappa shape index (κ2) is 5.93. The summed E-state index contributed by atoms with van der Waals surface area (Å²) in [5.41, 5.74) is 0.424. The maximum Gasteiger partial charge on any atom is 0.168 e. The van der Waals surface area contributed by atoms with Gasteiger partial charge in [-0.05, 0) is 41.7 Å². The van der Waals surface area contributed by atoms with Crippen LogP contribution in [0.25, 0.3) is 0 Å². The summed E-state index contributed by atoms with van der Waals surface area (Å²) >= 11 is 6.58. The van der Waals surface area contributed by atoms with Crippen molar-refractivity contribution >= 4 is 11.6 Å². The second-order valence-corrected chi connectivity index (χ2v) is 7.14. The molecule has 1 aliphatic rings. The Balaban J connectivity index is 2.34. The fourth-order valence-corrected chi connectivity index (χ4v) is 4.24. The van der Waals surface area contributed by atoms with E-state index in [1.807, 2.05) is 12.1 Å². The minimum atomic E-state index is -0.287. The first kappa shape index (κ1) is 15.6. The van der Waals surface area contributed by atoms with Crippen LogP contribution in [0.5, 0.6) is 5.75 Å². The minimum absolute atomic E-state index is 0.111. The molecule has 0 saturated heterocycles. The second-order valence-electron chi connectivity index (χ2n) is 6.58. The topological polar surface area (TPSA) is 9.23 Å². The molecule has 1 nitrogen and oxygen atoms in total. The molecule has 0 radical (unpaired) electrons. The van der Waals surface area contributed by atoms with Gasteiger partial charge in [0.1, 0.15) is 0 Å². The van der Waals surface area contributed by atoms with E-state index in [4.69, 9.17) is 16.3 Å². The smallest absolute Gasteiger partial charge is 0.168 e. The van der Waals surface area contributed by atoms with Crippen LogP contribution in [-0.2, 0) is 5.41 Å². The van der Waals surface area contributed by atoms with Crippen molar-refractivity contribution in [2.24, 2.45) is 11.8 Å². The van der Waals surface area contributed by atoms with Crippen LogP contribution in [0.15, 0.2) is 18.2 Å². The lowest BCUT2D eigenvalue weighted by Crippen LogP contribution is -2.39. The summed E-state index contributed by atoms with van der Waals surface area (Å²) in [7, 11) is 1.50. The van der Waals surface area contributed by atoms with Crippen LogP contribution in [0.2, 0.25) is 0 Å². The first-order chi connectivity index (χ1) is 9.37. The van der Waals surface area contributed by atoms with Crippen LogP contribution in [0, 0.1) is 17.7 Å². The SMILES string of the molecule is COc1cccc(C(C)(C)C2CCC(C)CC2Cl)c1F. The van der Waals surface area contributed by atoms with Gasteiger partial charge in [0, 0.05) is 5.38 Å². The lowest BCUT2D eigenvalue weighted by Gasteiger charge is -2.42. The van der Waals surface area contributed by atoms with Gasteiger partial charge >= 0.3 is 0 Å². The van der Waals surface area contributed by atoms with Gasteiger partial charge in [-0.3, -0.25) is 0 Å². The third-order valence-corrected chi connectivity index (χ3v) is 5.32. The standard InChI is InChI=1S/C17H24ClFO/c1-11-8-9-12(14(18)10-11)17(2,3)13-6-5-7-15(20-4)16(13)19/h5-7,11-12,14H,8-10H2,1-4H3. The van der Waals surface area contributed by atoms with Crippen LogP contribution < -0.4 is 4.74 Å². The number of hydrogen-bond donors (Lipinski definition) is 0. The van der Waals surface area contributed by atoms with Crippen molar-refractivity contribution in [3.8, 4) is 5.75 Å². The molecule has 3 atom stereocenters. The summed E-state index contributed by atoms with van der Waals surface area (Å²) in [6.45, 7) is 6.44.